The molecule has 0 aliphatic carbocycles. The number of aromatic nitrogens is 5. The molecule has 4 rings (SSSR count). The standard InChI is InChI=1S/C25H23N7O2S/c1-15-21(32-13-20(30-31-32)23-12-28-24(35-23)29-16(2)33)8-17(11-27-15)9-22(34)18-6-5-7-19(10-18)25(3,4)14-26/h5-8,10-13H,9H2,1-4H3,(H,28,29,33). The molecule has 0 bridgehead atoms. The molecule has 1 amide bonds. The number of carbonyl (C=O) groups excluding carboxylic acids is 2. The predicted octanol–water partition coefficient (Wildman–Crippen LogP) is 4.28. The smallest absolute Gasteiger partial charge is 0.223 e. The van der Waals surface area contributed by atoms with Gasteiger partial charge in [-0.05, 0) is 44.0 Å². The van der Waals surface area contributed by atoms with Crippen LogP contribution in [0.3, 0.4) is 0 Å². The van der Waals surface area contributed by atoms with Crippen molar-refractivity contribution in [2.45, 2.75) is 39.5 Å². The average molecular weight is 486 g/mol. The van der Waals surface area contributed by atoms with E-state index in [9.17, 15) is 14.9 Å². The van der Waals surface area contributed by atoms with Crippen LogP contribution in [0.5, 0.6) is 0 Å². The lowest BCUT2D eigenvalue weighted by molar-refractivity contribution is -0.114. The summed E-state index contributed by atoms with van der Waals surface area (Å²) in [6.45, 7) is 6.93. The van der Waals surface area contributed by atoms with E-state index in [1.54, 1.807) is 41.5 Å². The molecule has 1 aromatic carbocycles. The van der Waals surface area contributed by atoms with Gasteiger partial charge in [0.15, 0.2) is 10.9 Å². The Kier molecular flexibility index (Phi) is 6.53. The first kappa shape index (κ1) is 23.9. The molecule has 4 aromatic rings. The van der Waals surface area contributed by atoms with E-state index < -0.39 is 5.41 Å². The maximum absolute atomic E-state index is 13.0. The Hall–Kier alpha value is -4.23. The summed E-state index contributed by atoms with van der Waals surface area (Å²) >= 11 is 1.30. The third-order valence-electron chi connectivity index (χ3n) is 5.45. The number of nitriles is 1. The molecule has 0 fully saturated rings. The zero-order chi connectivity index (χ0) is 25.2. The van der Waals surface area contributed by atoms with Crippen LogP contribution in [0.25, 0.3) is 16.3 Å². The molecule has 3 aromatic heterocycles. The van der Waals surface area contributed by atoms with Gasteiger partial charge in [-0.15, -0.1) is 5.10 Å². The van der Waals surface area contributed by atoms with Crippen LogP contribution >= 0.6 is 11.3 Å². The molecular formula is C25H23N7O2S. The average Bonchev–Trinajstić information content (AvgIpc) is 3.50. The summed E-state index contributed by atoms with van der Waals surface area (Å²) in [5, 5.41) is 21.0. The summed E-state index contributed by atoms with van der Waals surface area (Å²) in [6.07, 6.45) is 5.23. The number of benzene rings is 1. The number of ketones is 1. The third-order valence-corrected chi connectivity index (χ3v) is 6.38. The predicted molar refractivity (Wildman–Crippen MR) is 132 cm³/mol. The quantitative estimate of drug-likeness (QED) is 0.387. The monoisotopic (exact) mass is 485 g/mol. The summed E-state index contributed by atoms with van der Waals surface area (Å²) in [6, 6.07) is 11.3. The first-order valence-corrected chi connectivity index (χ1v) is 11.6. The fraction of sp³-hybridized carbons (Fsp3) is 0.240. The number of aryl methyl sites for hydroxylation is 1. The van der Waals surface area contributed by atoms with Gasteiger partial charge in [-0.25, -0.2) is 9.67 Å². The van der Waals surface area contributed by atoms with Crippen LogP contribution in [0.2, 0.25) is 0 Å². The van der Waals surface area contributed by atoms with E-state index in [-0.39, 0.29) is 18.1 Å². The van der Waals surface area contributed by atoms with E-state index in [0.29, 0.717) is 22.1 Å². The molecule has 176 valence electrons. The van der Waals surface area contributed by atoms with E-state index in [1.165, 1.54) is 18.3 Å². The van der Waals surface area contributed by atoms with Gasteiger partial charge in [0.1, 0.15) is 5.69 Å². The van der Waals surface area contributed by atoms with Gasteiger partial charge in [0.05, 0.1) is 33.9 Å². The maximum atomic E-state index is 13.0. The van der Waals surface area contributed by atoms with E-state index in [1.807, 2.05) is 32.9 Å². The first-order chi connectivity index (χ1) is 16.7. The second-order valence-corrected chi connectivity index (χ2v) is 9.66. The Bertz CT molecular complexity index is 1460. The van der Waals surface area contributed by atoms with Crippen molar-refractivity contribution >= 4 is 28.2 Å². The van der Waals surface area contributed by atoms with Crippen molar-refractivity contribution in [3.8, 4) is 22.3 Å². The largest absolute Gasteiger partial charge is 0.302 e. The number of nitrogens with one attached hydrogen (secondary N) is 1. The van der Waals surface area contributed by atoms with Crippen molar-refractivity contribution in [2.75, 3.05) is 5.32 Å². The molecule has 0 radical (unpaired) electrons. The second kappa shape index (κ2) is 9.56. The van der Waals surface area contributed by atoms with Crippen molar-refractivity contribution in [1.82, 2.24) is 25.0 Å². The topological polar surface area (TPSA) is 126 Å². The number of amides is 1. The van der Waals surface area contributed by atoms with Crippen LogP contribution in [0.1, 0.15) is 48.0 Å². The molecule has 0 saturated heterocycles. The molecule has 0 unspecified atom stereocenters. The first-order valence-electron chi connectivity index (χ1n) is 10.8. The number of hydrogen-bond acceptors (Lipinski definition) is 8. The van der Waals surface area contributed by atoms with Crippen molar-refractivity contribution in [3.63, 3.8) is 0 Å². The maximum Gasteiger partial charge on any atom is 0.223 e. The molecule has 0 aliphatic heterocycles. The van der Waals surface area contributed by atoms with Crippen LogP contribution in [0.15, 0.2) is 48.9 Å². The van der Waals surface area contributed by atoms with Gasteiger partial charge in [0.2, 0.25) is 5.91 Å². The molecule has 35 heavy (non-hydrogen) atoms. The van der Waals surface area contributed by atoms with Crippen LogP contribution < -0.4 is 5.32 Å². The summed E-state index contributed by atoms with van der Waals surface area (Å²) in [7, 11) is 0. The van der Waals surface area contributed by atoms with Crippen LogP contribution in [-0.2, 0) is 16.6 Å². The fourth-order valence-corrected chi connectivity index (χ4v) is 4.23. The van der Waals surface area contributed by atoms with Gasteiger partial charge in [-0.3, -0.25) is 14.6 Å². The SMILES string of the molecule is CC(=O)Nc1ncc(-c2cn(-c3cc(CC(=O)c4cccc(C(C)(C)C#N)c4)cnc3C)nn2)s1. The molecule has 0 atom stereocenters. The fourth-order valence-electron chi connectivity index (χ4n) is 3.42. The van der Waals surface area contributed by atoms with Gasteiger partial charge < -0.3 is 5.32 Å². The number of rotatable bonds is 7. The van der Waals surface area contributed by atoms with Gasteiger partial charge in [0, 0.05) is 31.3 Å². The molecule has 0 saturated carbocycles. The summed E-state index contributed by atoms with van der Waals surface area (Å²) < 4.78 is 1.61. The lowest BCUT2D eigenvalue weighted by Crippen LogP contribution is -2.15. The van der Waals surface area contributed by atoms with E-state index in [0.717, 1.165) is 21.7 Å². The minimum atomic E-state index is -0.680. The number of Topliss-reactive ketones (excluding diaryl/α,β-unsaturated/α-hetero) is 1. The summed E-state index contributed by atoms with van der Waals surface area (Å²) in [5.41, 5.74) is 3.46. The molecular weight excluding hydrogens is 462 g/mol. The Morgan fingerprint density at radius 2 is 2.00 bits per heavy atom. The Labute approximate surface area is 206 Å². The van der Waals surface area contributed by atoms with Crippen LogP contribution in [-0.4, -0.2) is 36.7 Å². The lowest BCUT2D eigenvalue weighted by Gasteiger charge is -2.16. The number of carbonyl (C=O) groups is 2. The van der Waals surface area contributed by atoms with Gasteiger partial charge in [0.25, 0.3) is 0 Å². The van der Waals surface area contributed by atoms with Crippen molar-refractivity contribution in [3.05, 3.63) is 71.3 Å². The zero-order valence-electron chi connectivity index (χ0n) is 19.7. The second-order valence-electron chi connectivity index (χ2n) is 8.62. The van der Waals surface area contributed by atoms with Crippen LogP contribution in [0, 0.1) is 18.3 Å². The van der Waals surface area contributed by atoms with Gasteiger partial charge in [-0.2, -0.15) is 5.26 Å². The molecule has 10 heteroatoms. The Balaban J connectivity index is 1.56. The molecule has 0 spiro atoms. The van der Waals surface area contributed by atoms with Crippen molar-refractivity contribution in [2.24, 2.45) is 0 Å². The number of hydrogen-bond donors (Lipinski definition) is 1. The Morgan fingerprint density at radius 1 is 1.20 bits per heavy atom. The third kappa shape index (κ3) is 5.31. The minimum Gasteiger partial charge on any atom is -0.302 e. The zero-order valence-corrected chi connectivity index (χ0v) is 20.6. The van der Waals surface area contributed by atoms with Gasteiger partial charge in [-0.1, -0.05) is 34.7 Å². The van der Waals surface area contributed by atoms with E-state index in [4.69, 9.17) is 0 Å². The molecule has 9 nitrogen and oxygen atoms in total. The van der Waals surface area contributed by atoms with Crippen molar-refractivity contribution < 1.29 is 9.59 Å². The van der Waals surface area contributed by atoms with Gasteiger partial charge >= 0.3 is 0 Å². The lowest BCUT2D eigenvalue weighted by atomic mass is 9.85. The number of thiazole rings is 1. The molecule has 1 N–H and O–H groups in total. The highest BCUT2D eigenvalue weighted by Gasteiger charge is 2.21. The minimum absolute atomic E-state index is 0.0633. The van der Waals surface area contributed by atoms with Crippen LogP contribution in [0.4, 0.5) is 5.13 Å². The van der Waals surface area contributed by atoms with Crippen molar-refractivity contribution in [1.29, 1.82) is 5.26 Å². The number of pyridine rings is 1. The number of nitrogens with zero attached hydrogens (tertiary/aromatic N) is 6. The highest BCUT2D eigenvalue weighted by Crippen LogP contribution is 2.28. The normalized spacial score (nSPS) is 11.2. The number of anilines is 1. The highest BCUT2D eigenvalue weighted by atomic mass is 32.1. The Morgan fingerprint density at radius 3 is 2.74 bits per heavy atom. The summed E-state index contributed by atoms with van der Waals surface area (Å²) in [4.78, 5) is 33.6. The summed E-state index contributed by atoms with van der Waals surface area (Å²) in [5.74, 6) is -0.255. The highest BCUT2D eigenvalue weighted by molar-refractivity contribution is 7.19. The molecule has 0 aliphatic rings. The van der Waals surface area contributed by atoms with E-state index >= 15 is 0 Å². The van der Waals surface area contributed by atoms with E-state index in [2.05, 4.69) is 31.7 Å². The molecule has 3 heterocycles.